The molecule has 31 heavy (non-hydrogen) atoms. The van der Waals surface area contributed by atoms with E-state index < -0.39 is 17.9 Å². The van der Waals surface area contributed by atoms with E-state index in [1.165, 1.54) is 0 Å². The van der Waals surface area contributed by atoms with Crippen LogP contribution < -0.4 is 20.7 Å². The van der Waals surface area contributed by atoms with Crippen LogP contribution >= 0.6 is 11.8 Å². The van der Waals surface area contributed by atoms with E-state index in [1.54, 1.807) is 23.9 Å². The molecule has 2 rings (SSSR count). The summed E-state index contributed by atoms with van der Waals surface area (Å²) in [4.78, 5) is 37.1. The van der Waals surface area contributed by atoms with Crippen molar-refractivity contribution >= 4 is 35.2 Å². The molecule has 0 aliphatic heterocycles. The second kappa shape index (κ2) is 12.6. The summed E-state index contributed by atoms with van der Waals surface area (Å²) in [7, 11) is 0. The van der Waals surface area contributed by atoms with Crippen LogP contribution in [0.15, 0.2) is 48.5 Å². The lowest BCUT2D eigenvalue weighted by molar-refractivity contribution is -0.130. The SMILES string of the molecule is CSCCC(NC(=O)COc1ccccc1)C(=O)NCC(=O)Nc1c(C)cccc1C. The smallest absolute Gasteiger partial charge is 0.258 e. The Hall–Kier alpha value is -3.00. The van der Waals surface area contributed by atoms with E-state index in [9.17, 15) is 14.4 Å². The van der Waals surface area contributed by atoms with Crippen molar-refractivity contribution < 1.29 is 19.1 Å². The van der Waals surface area contributed by atoms with Crippen LogP contribution in [-0.4, -0.2) is 48.9 Å². The highest BCUT2D eigenvalue weighted by molar-refractivity contribution is 7.98. The van der Waals surface area contributed by atoms with Gasteiger partial charge in [-0.15, -0.1) is 0 Å². The number of thioether (sulfide) groups is 1. The van der Waals surface area contributed by atoms with Gasteiger partial charge in [0.15, 0.2) is 6.61 Å². The Bertz CT molecular complexity index is 869. The van der Waals surface area contributed by atoms with Crippen LogP contribution in [0.2, 0.25) is 0 Å². The molecule has 166 valence electrons. The van der Waals surface area contributed by atoms with E-state index in [1.807, 2.05) is 56.5 Å². The normalized spacial score (nSPS) is 11.3. The molecular formula is C23H29N3O4S. The molecule has 0 aliphatic carbocycles. The molecule has 0 aromatic heterocycles. The third kappa shape index (κ3) is 8.33. The maximum absolute atomic E-state index is 12.6. The molecule has 0 saturated carbocycles. The van der Waals surface area contributed by atoms with Gasteiger partial charge in [0.05, 0.1) is 6.54 Å². The van der Waals surface area contributed by atoms with Crippen LogP contribution in [0.5, 0.6) is 5.75 Å². The number of rotatable bonds is 11. The number of hydrogen-bond donors (Lipinski definition) is 3. The fourth-order valence-corrected chi connectivity index (χ4v) is 3.36. The van der Waals surface area contributed by atoms with Crippen molar-refractivity contribution in [2.24, 2.45) is 0 Å². The molecule has 2 aromatic carbocycles. The molecule has 2 aromatic rings. The molecule has 0 saturated heterocycles. The van der Waals surface area contributed by atoms with Crippen molar-refractivity contribution in [3.05, 3.63) is 59.7 Å². The first-order valence-electron chi connectivity index (χ1n) is 10.0. The molecule has 0 heterocycles. The van der Waals surface area contributed by atoms with Gasteiger partial charge in [0, 0.05) is 5.69 Å². The Labute approximate surface area is 187 Å². The van der Waals surface area contributed by atoms with E-state index in [2.05, 4.69) is 16.0 Å². The zero-order valence-electron chi connectivity index (χ0n) is 18.1. The number of nitrogens with one attached hydrogen (secondary N) is 3. The summed E-state index contributed by atoms with van der Waals surface area (Å²) in [5.74, 6) is 0.134. The average molecular weight is 444 g/mol. The summed E-state index contributed by atoms with van der Waals surface area (Å²) >= 11 is 1.57. The van der Waals surface area contributed by atoms with Gasteiger partial charge in [0.25, 0.3) is 5.91 Å². The summed E-state index contributed by atoms with van der Waals surface area (Å²) in [6.45, 7) is 3.44. The zero-order chi connectivity index (χ0) is 22.6. The fourth-order valence-electron chi connectivity index (χ4n) is 2.89. The number of para-hydroxylation sites is 2. The van der Waals surface area contributed by atoms with Crippen molar-refractivity contribution in [1.82, 2.24) is 10.6 Å². The van der Waals surface area contributed by atoms with Crippen LogP contribution in [0.3, 0.4) is 0 Å². The molecule has 1 unspecified atom stereocenters. The third-order valence-electron chi connectivity index (χ3n) is 4.54. The molecule has 3 amide bonds. The number of benzene rings is 2. The lowest BCUT2D eigenvalue weighted by Gasteiger charge is -2.18. The molecule has 0 radical (unpaired) electrons. The minimum atomic E-state index is -0.743. The van der Waals surface area contributed by atoms with E-state index in [0.717, 1.165) is 16.8 Å². The molecule has 0 aliphatic rings. The molecule has 0 spiro atoms. The molecule has 8 heteroatoms. The summed E-state index contributed by atoms with van der Waals surface area (Å²) in [6.07, 6.45) is 2.37. The topological polar surface area (TPSA) is 96.5 Å². The Morgan fingerprint density at radius 2 is 1.65 bits per heavy atom. The van der Waals surface area contributed by atoms with Gasteiger partial charge in [0.1, 0.15) is 11.8 Å². The molecule has 7 nitrogen and oxygen atoms in total. The Morgan fingerprint density at radius 1 is 0.968 bits per heavy atom. The Kier molecular flexibility index (Phi) is 9.90. The van der Waals surface area contributed by atoms with Gasteiger partial charge < -0.3 is 20.7 Å². The highest BCUT2D eigenvalue weighted by Gasteiger charge is 2.21. The van der Waals surface area contributed by atoms with Crippen LogP contribution in [0, 0.1) is 13.8 Å². The second-order valence-corrected chi connectivity index (χ2v) is 8.02. The number of anilines is 1. The van der Waals surface area contributed by atoms with Crippen molar-refractivity contribution in [3.8, 4) is 5.75 Å². The quantitative estimate of drug-likeness (QED) is 0.496. The van der Waals surface area contributed by atoms with Gasteiger partial charge in [-0.2, -0.15) is 11.8 Å². The molecule has 3 N–H and O–H groups in total. The highest BCUT2D eigenvalue weighted by Crippen LogP contribution is 2.19. The molecular weight excluding hydrogens is 414 g/mol. The molecule has 1 atom stereocenters. The predicted molar refractivity (Wildman–Crippen MR) is 124 cm³/mol. The number of aryl methyl sites for hydroxylation is 2. The van der Waals surface area contributed by atoms with Crippen LogP contribution in [0.1, 0.15) is 17.5 Å². The van der Waals surface area contributed by atoms with Gasteiger partial charge in [-0.1, -0.05) is 36.4 Å². The number of carbonyl (C=O) groups is 3. The van der Waals surface area contributed by atoms with Crippen molar-refractivity contribution in [2.45, 2.75) is 26.3 Å². The minimum Gasteiger partial charge on any atom is -0.484 e. The molecule has 0 bridgehead atoms. The van der Waals surface area contributed by atoms with Crippen LogP contribution in [0.4, 0.5) is 5.69 Å². The van der Waals surface area contributed by atoms with Crippen molar-refractivity contribution in [2.75, 3.05) is 30.5 Å². The van der Waals surface area contributed by atoms with Crippen molar-refractivity contribution in [1.29, 1.82) is 0 Å². The average Bonchev–Trinajstić information content (AvgIpc) is 2.76. The second-order valence-electron chi connectivity index (χ2n) is 7.04. The standard InChI is InChI=1S/C23H29N3O4S/c1-16-8-7-9-17(2)22(16)26-20(27)14-24-23(29)19(12-13-31-3)25-21(28)15-30-18-10-5-4-6-11-18/h4-11,19H,12-15H2,1-3H3,(H,24,29)(H,25,28)(H,26,27). The number of ether oxygens (including phenoxy) is 1. The first kappa shape index (κ1) is 24.3. The number of carbonyl (C=O) groups excluding carboxylic acids is 3. The Balaban J connectivity index is 1.86. The van der Waals surface area contributed by atoms with Crippen molar-refractivity contribution in [3.63, 3.8) is 0 Å². The number of hydrogen-bond acceptors (Lipinski definition) is 5. The first-order valence-corrected chi connectivity index (χ1v) is 11.4. The van der Waals surface area contributed by atoms with E-state index in [4.69, 9.17) is 4.74 Å². The van der Waals surface area contributed by atoms with Gasteiger partial charge in [-0.3, -0.25) is 14.4 Å². The lowest BCUT2D eigenvalue weighted by atomic mass is 10.1. The van der Waals surface area contributed by atoms with E-state index in [0.29, 0.717) is 17.9 Å². The number of amides is 3. The lowest BCUT2D eigenvalue weighted by Crippen LogP contribution is -2.49. The molecule has 0 fully saturated rings. The summed E-state index contributed by atoms with van der Waals surface area (Å²) < 4.78 is 5.43. The summed E-state index contributed by atoms with van der Waals surface area (Å²) in [6, 6.07) is 14.0. The summed E-state index contributed by atoms with van der Waals surface area (Å²) in [5, 5.41) is 8.14. The third-order valence-corrected chi connectivity index (χ3v) is 5.19. The first-order chi connectivity index (χ1) is 14.9. The summed E-state index contributed by atoms with van der Waals surface area (Å²) in [5.41, 5.74) is 2.64. The van der Waals surface area contributed by atoms with Gasteiger partial charge in [-0.05, 0) is 55.5 Å². The van der Waals surface area contributed by atoms with E-state index in [-0.39, 0.29) is 19.1 Å². The maximum atomic E-state index is 12.6. The Morgan fingerprint density at radius 3 is 2.29 bits per heavy atom. The van der Waals surface area contributed by atoms with Crippen LogP contribution in [-0.2, 0) is 14.4 Å². The van der Waals surface area contributed by atoms with Gasteiger partial charge in [-0.25, -0.2) is 0 Å². The van der Waals surface area contributed by atoms with Gasteiger partial charge in [0.2, 0.25) is 11.8 Å². The largest absolute Gasteiger partial charge is 0.484 e. The fraction of sp³-hybridized carbons (Fsp3) is 0.348. The predicted octanol–water partition coefficient (Wildman–Crippen LogP) is 2.68. The van der Waals surface area contributed by atoms with Gasteiger partial charge >= 0.3 is 0 Å². The van der Waals surface area contributed by atoms with Crippen LogP contribution in [0.25, 0.3) is 0 Å². The van der Waals surface area contributed by atoms with E-state index >= 15 is 0 Å². The highest BCUT2D eigenvalue weighted by atomic mass is 32.2. The monoisotopic (exact) mass is 443 g/mol. The maximum Gasteiger partial charge on any atom is 0.258 e. The minimum absolute atomic E-state index is 0.182. The zero-order valence-corrected chi connectivity index (χ0v) is 18.9.